The fraction of sp³-hybridized carbons (Fsp3) is 0.458. The maximum absolute atomic E-state index is 13.1. The topological polar surface area (TPSA) is 76.5 Å². The van der Waals surface area contributed by atoms with Crippen molar-refractivity contribution >= 4 is 21.1 Å². The van der Waals surface area contributed by atoms with Gasteiger partial charge in [0.15, 0.2) is 0 Å². The lowest BCUT2D eigenvalue weighted by Gasteiger charge is -2.25. The molecule has 0 amide bonds. The molecule has 3 aromatic rings. The van der Waals surface area contributed by atoms with Crippen LogP contribution in [-0.2, 0) is 23.1 Å². The highest BCUT2D eigenvalue weighted by atomic mass is 32.2. The molecule has 172 valence electrons. The van der Waals surface area contributed by atoms with Crippen LogP contribution in [-0.4, -0.2) is 42.5 Å². The third-order valence-corrected chi connectivity index (χ3v) is 8.13. The Morgan fingerprint density at radius 3 is 2.59 bits per heavy atom. The van der Waals surface area contributed by atoms with Crippen LogP contribution < -0.4 is 10.1 Å². The number of methoxy groups -OCH3 is 1. The molecule has 1 aliphatic rings. The molecule has 1 fully saturated rings. The molecular weight excluding hydrogens is 424 g/mol. The molecular formula is C24H32N4O3S. The van der Waals surface area contributed by atoms with Crippen molar-refractivity contribution in [3.63, 3.8) is 0 Å². The Hall–Kier alpha value is -2.42. The monoisotopic (exact) mass is 456 g/mol. The zero-order valence-corrected chi connectivity index (χ0v) is 19.9. The highest BCUT2D eigenvalue weighted by Gasteiger charge is 2.26. The molecule has 1 aliphatic heterocycles. The van der Waals surface area contributed by atoms with E-state index in [4.69, 9.17) is 9.72 Å². The SMILES string of the molecule is CCn1c(CN[C@H](C)c2ccccc2OC)nc2cc(S(=O)(=O)N3CCCCC3)ccc21. The number of para-hydroxylation sites is 1. The number of nitrogens with one attached hydrogen (secondary N) is 1. The Morgan fingerprint density at radius 1 is 1.12 bits per heavy atom. The summed E-state index contributed by atoms with van der Waals surface area (Å²) in [5, 5.41) is 3.53. The van der Waals surface area contributed by atoms with E-state index < -0.39 is 10.0 Å². The van der Waals surface area contributed by atoms with E-state index >= 15 is 0 Å². The normalized spacial score (nSPS) is 16.3. The van der Waals surface area contributed by atoms with Crippen molar-refractivity contribution in [1.29, 1.82) is 0 Å². The van der Waals surface area contributed by atoms with Gasteiger partial charge in [-0.1, -0.05) is 24.6 Å². The van der Waals surface area contributed by atoms with E-state index in [0.717, 1.165) is 48.5 Å². The van der Waals surface area contributed by atoms with Crippen molar-refractivity contribution in [1.82, 2.24) is 19.2 Å². The first kappa shape index (κ1) is 22.8. The Bertz CT molecular complexity index is 1180. The fourth-order valence-electron chi connectivity index (χ4n) is 4.44. The molecule has 1 N–H and O–H groups in total. The largest absolute Gasteiger partial charge is 0.496 e. The summed E-state index contributed by atoms with van der Waals surface area (Å²) < 4.78 is 35.4. The molecule has 7 nitrogen and oxygen atoms in total. The summed E-state index contributed by atoms with van der Waals surface area (Å²) in [7, 11) is -1.80. The van der Waals surface area contributed by atoms with Gasteiger partial charge in [0.1, 0.15) is 11.6 Å². The zero-order valence-electron chi connectivity index (χ0n) is 19.0. The van der Waals surface area contributed by atoms with Gasteiger partial charge >= 0.3 is 0 Å². The molecule has 0 saturated carbocycles. The third-order valence-electron chi connectivity index (χ3n) is 6.24. The van der Waals surface area contributed by atoms with Crippen molar-refractivity contribution in [3.05, 3.63) is 53.9 Å². The van der Waals surface area contributed by atoms with Gasteiger partial charge in [-0.3, -0.25) is 0 Å². The summed E-state index contributed by atoms with van der Waals surface area (Å²) >= 11 is 0. The highest BCUT2D eigenvalue weighted by Crippen LogP contribution is 2.27. The minimum Gasteiger partial charge on any atom is -0.496 e. The van der Waals surface area contributed by atoms with Crippen LogP contribution in [0, 0.1) is 0 Å². The molecule has 32 heavy (non-hydrogen) atoms. The van der Waals surface area contributed by atoms with Crippen LogP contribution >= 0.6 is 0 Å². The number of rotatable bonds is 8. The molecule has 1 atom stereocenters. The Morgan fingerprint density at radius 2 is 1.88 bits per heavy atom. The van der Waals surface area contributed by atoms with Crippen LogP contribution in [0.2, 0.25) is 0 Å². The van der Waals surface area contributed by atoms with Crippen molar-refractivity contribution in [2.75, 3.05) is 20.2 Å². The van der Waals surface area contributed by atoms with Gasteiger partial charge in [0.05, 0.1) is 29.6 Å². The summed E-state index contributed by atoms with van der Waals surface area (Å²) in [6.45, 7) is 6.69. The van der Waals surface area contributed by atoms with E-state index in [2.05, 4.69) is 29.8 Å². The summed E-state index contributed by atoms with van der Waals surface area (Å²) in [5.41, 5.74) is 2.75. The number of fused-ring (bicyclic) bond motifs is 1. The quantitative estimate of drug-likeness (QED) is 0.553. The van der Waals surface area contributed by atoms with Crippen LogP contribution in [0.4, 0.5) is 0 Å². The number of ether oxygens (including phenoxy) is 1. The molecule has 8 heteroatoms. The van der Waals surface area contributed by atoms with Gasteiger partial charge in [0.2, 0.25) is 10.0 Å². The van der Waals surface area contributed by atoms with E-state index in [1.165, 1.54) is 0 Å². The summed E-state index contributed by atoms with van der Waals surface area (Å²) in [5.74, 6) is 1.74. The van der Waals surface area contributed by atoms with Crippen molar-refractivity contribution in [2.24, 2.45) is 0 Å². The molecule has 2 heterocycles. The Labute approximate surface area is 190 Å². The predicted molar refractivity (Wildman–Crippen MR) is 126 cm³/mol. The van der Waals surface area contributed by atoms with Crippen LogP contribution in [0.1, 0.15) is 50.5 Å². The Kier molecular flexibility index (Phi) is 6.83. The second-order valence-electron chi connectivity index (χ2n) is 8.23. The number of benzene rings is 2. The van der Waals surface area contributed by atoms with Gasteiger partial charge in [-0.05, 0) is 51.0 Å². The number of sulfonamides is 1. The van der Waals surface area contributed by atoms with Crippen molar-refractivity contribution in [3.8, 4) is 5.75 Å². The number of nitrogens with zero attached hydrogens (tertiary/aromatic N) is 3. The van der Waals surface area contributed by atoms with E-state index in [-0.39, 0.29) is 6.04 Å². The maximum atomic E-state index is 13.1. The van der Waals surface area contributed by atoms with Gasteiger partial charge in [0.25, 0.3) is 0 Å². The fourth-order valence-corrected chi connectivity index (χ4v) is 5.98. The highest BCUT2D eigenvalue weighted by molar-refractivity contribution is 7.89. The predicted octanol–water partition coefficient (Wildman–Crippen LogP) is 4.09. The van der Waals surface area contributed by atoms with Gasteiger partial charge < -0.3 is 14.6 Å². The first-order valence-corrected chi connectivity index (χ1v) is 12.7. The average Bonchev–Trinajstić information content (AvgIpc) is 3.19. The molecule has 4 rings (SSSR count). The standard InChI is InChI=1S/C24H32N4O3S/c1-4-28-22-13-12-19(32(29,30)27-14-8-5-9-15-27)16-21(22)26-24(28)17-25-18(2)20-10-6-7-11-23(20)31-3/h6-7,10-13,16,18,25H,4-5,8-9,14-15,17H2,1-3H3/t18-/m1/s1. The Balaban J connectivity index is 1.59. The molecule has 1 saturated heterocycles. The molecule has 0 spiro atoms. The molecule has 2 aromatic carbocycles. The van der Waals surface area contributed by atoms with E-state index in [9.17, 15) is 8.42 Å². The lowest BCUT2D eigenvalue weighted by molar-refractivity contribution is 0.346. The van der Waals surface area contributed by atoms with Crippen molar-refractivity contribution in [2.45, 2.75) is 57.1 Å². The summed E-state index contributed by atoms with van der Waals surface area (Å²) in [4.78, 5) is 5.13. The summed E-state index contributed by atoms with van der Waals surface area (Å²) in [6, 6.07) is 13.4. The third kappa shape index (κ3) is 4.40. The number of aromatic nitrogens is 2. The average molecular weight is 457 g/mol. The minimum atomic E-state index is -3.48. The van der Waals surface area contributed by atoms with Gasteiger partial charge in [-0.2, -0.15) is 4.31 Å². The second-order valence-corrected chi connectivity index (χ2v) is 10.2. The minimum absolute atomic E-state index is 0.0753. The van der Waals surface area contributed by atoms with Crippen LogP contribution in [0.5, 0.6) is 5.75 Å². The van der Waals surface area contributed by atoms with Gasteiger partial charge in [-0.25, -0.2) is 13.4 Å². The van der Waals surface area contributed by atoms with E-state index in [1.54, 1.807) is 23.5 Å². The molecule has 0 unspecified atom stereocenters. The maximum Gasteiger partial charge on any atom is 0.243 e. The lowest BCUT2D eigenvalue weighted by Crippen LogP contribution is -2.35. The first-order valence-electron chi connectivity index (χ1n) is 11.3. The molecule has 0 bridgehead atoms. The molecule has 0 aliphatic carbocycles. The number of aryl methyl sites for hydroxylation is 1. The molecule has 1 aromatic heterocycles. The van der Waals surface area contributed by atoms with Gasteiger partial charge in [0, 0.05) is 31.2 Å². The van der Waals surface area contributed by atoms with Crippen LogP contribution in [0.15, 0.2) is 47.4 Å². The first-order chi connectivity index (χ1) is 15.5. The van der Waals surface area contributed by atoms with Crippen molar-refractivity contribution < 1.29 is 13.2 Å². The van der Waals surface area contributed by atoms with E-state index in [1.807, 2.05) is 24.3 Å². The van der Waals surface area contributed by atoms with Crippen LogP contribution in [0.3, 0.4) is 0 Å². The van der Waals surface area contributed by atoms with Gasteiger partial charge in [-0.15, -0.1) is 0 Å². The second kappa shape index (κ2) is 9.60. The van der Waals surface area contributed by atoms with Crippen LogP contribution in [0.25, 0.3) is 11.0 Å². The number of hydrogen-bond acceptors (Lipinski definition) is 5. The number of piperidine rings is 1. The molecule has 0 radical (unpaired) electrons. The lowest BCUT2D eigenvalue weighted by atomic mass is 10.1. The zero-order chi connectivity index (χ0) is 22.7. The number of imidazole rings is 1. The summed E-state index contributed by atoms with van der Waals surface area (Å²) in [6.07, 6.45) is 2.94. The van der Waals surface area contributed by atoms with E-state index in [0.29, 0.717) is 30.0 Å². The smallest absolute Gasteiger partial charge is 0.243 e. The number of hydrogen-bond donors (Lipinski definition) is 1.